The molecule has 1 atom stereocenters. The second-order valence-electron chi connectivity index (χ2n) is 2.23. The van der Waals surface area contributed by atoms with Crippen molar-refractivity contribution in [2.24, 2.45) is 0 Å². The number of rotatable bonds is 2. The Hall–Kier alpha value is -0.650. The van der Waals surface area contributed by atoms with Crippen LogP contribution in [0.5, 0.6) is 0 Å². The second kappa shape index (κ2) is 8.45. The molecule has 4 N–H and O–H groups in total. The Morgan fingerprint density at radius 1 is 1.58 bits per heavy atom. The van der Waals surface area contributed by atoms with Crippen LogP contribution >= 0.6 is 0 Å². The summed E-state index contributed by atoms with van der Waals surface area (Å²) >= 11 is 0. The van der Waals surface area contributed by atoms with Crippen molar-refractivity contribution in [1.82, 2.24) is 0 Å². The third-order valence-electron chi connectivity index (χ3n) is 1.43. The fraction of sp³-hybridized carbons (Fsp3) is 0.857. The maximum absolute atomic E-state index is 10.1. The zero-order chi connectivity index (χ0) is 8.69. The molecule has 12 heavy (non-hydrogen) atoms. The van der Waals surface area contributed by atoms with Crippen LogP contribution in [-0.2, 0) is 9.53 Å². The molecule has 1 saturated heterocycles. The van der Waals surface area contributed by atoms with Gasteiger partial charge in [-0.15, -0.1) is 0 Å². The predicted octanol–water partition coefficient (Wildman–Crippen LogP) is -0.576. The van der Waals surface area contributed by atoms with Crippen LogP contribution in [0.1, 0.15) is 19.3 Å². The van der Waals surface area contributed by atoms with Crippen LogP contribution in [0.2, 0.25) is 0 Å². The lowest BCUT2D eigenvalue weighted by atomic mass is 10.2. The van der Waals surface area contributed by atoms with Crippen molar-refractivity contribution >= 4 is 5.97 Å². The van der Waals surface area contributed by atoms with Gasteiger partial charge in [0, 0.05) is 13.7 Å². The van der Waals surface area contributed by atoms with Crippen molar-refractivity contribution in [1.29, 1.82) is 0 Å². The molecule has 0 bridgehead atoms. The van der Waals surface area contributed by atoms with Crippen molar-refractivity contribution in [3.05, 3.63) is 0 Å². The van der Waals surface area contributed by atoms with Gasteiger partial charge in [-0.1, -0.05) is 0 Å². The fourth-order valence-corrected chi connectivity index (χ4v) is 1.00. The zero-order valence-electron chi connectivity index (χ0n) is 7.12. The van der Waals surface area contributed by atoms with Crippen molar-refractivity contribution in [2.75, 3.05) is 13.7 Å². The van der Waals surface area contributed by atoms with Crippen molar-refractivity contribution < 1.29 is 25.2 Å². The van der Waals surface area contributed by atoms with Gasteiger partial charge >= 0.3 is 5.97 Å². The summed E-state index contributed by atoms with van der Waals surface area (Å²) in [5, 5.41) is 15.3. The molecular formula is C7H16O5. The van der Waals surface area contributed by atoms with Gasteiger partial charge in [-0.05, 0) is 12.8 Å². The summed E-state index contributed by atoms with van der Waals surface area (Å²) in [4.78, 5) is 10.1. The number of ether oxygens (including phenoxy) is 1. The standard InChI is InChI=1S/C6H10O3.CH4O.H2O/c7-6(8)4-5-2-1-3-9-5;1-2;/h5H,1-4H2,(H,7,8);2H,1H3;1H2. The Balaban J connectivity index is 0. The molecule has 0 aromatic carbocycles. The maximum atomic E-state index is 10.1. The SMILES string of the molecule is CO.O.O=C(O)CC1CCCO1. The minimum atomic E-state index is -0.762. The van der Waals surface area contributed by atoms with E-state index in [1.165, 1.54) is 0 Å². The largest absolute Gasteiger partial charge is 0.481 e. The topological polar surface area (TPSA) is 98.3 Å². The molecule has 1 fully saturated rings. The van der Waals surface area contributed by atoms with Crippen LogP contribution in [0.3, 0.4) is 0 Å². The van der Waals surface area contributed by atoms with E-state index in [2.05, 4.69) is 0 Å². The normalized spacial score (nSPS) is 20.3. The van der Waals surface area contributed by atoms with Gasteiger partial charge < -0.3 is 20.4 Å². The molecule has 0 radical (unpaired) electrons. The highest BCUT2D eigenvalue weighted by molar-refractivity contribution is 5.67. The first-order valence-electron chi connectivity index (χ1n) is 3.57. The lowest BCUT2D eigenvalue weighted by molar-refractivity contribution is -0.139. The van der Waals surface area contributed by atoms with Crippen LogP contribution < -0.4 is 0 Å². The van der Waals surface area contributed by atoms with Gasteiger partial charge in [0.25, 0.3) is 0 Å². The van der Waals surface area contributed by atoms with Crippen molar-refractivity contribution in [3.8, 4) is 0 Å². The van der Waals surface area contributed by atoms with E-state index in [4.69, 9.17) is 14.9 Å². The molecule has 1 heterocycles. The Morgan fingerprint density at radius 3 is 2.50 bits per heavy atom. The van der Waals surface area contributed by atoms with E-state index in [1.54, 1.807) is 0 Å². The van der Waals surface area contributed by atoms with E-state index in [-0.39, 0.29) is 18.0 Å². The zero-order valence-corrected chi connectivity index (χ0v) is 7.12. The number of hydrogen-bond donors (Lipinski definition) is 2. The Labute approximate surface area is 71.3 Å². The number of carbonyl (C=O) groups is 1. The predicted molar refractivity (Wildman–Crippen MR) is 43.0 cm³/mol. The summed E-state index contributed by atoms with van der Waals surface area (Å²) in [7, 11) is 1.00. The molecule has 0 spiro atoms. The van der Waals surface area contributed by atoms with Gasteiger partial charge in [0.2, 0.25) is 0 Å². The third-order valence-corrected chi connectivity index (χ3v) is 1.43. The van der Waals surface area contributed by atoms with Gasteiger partial charge in [0.15, 0.2) is 0 Å². The molecule has 1 rings (SSSR count). The lowest BCUT2D eigenvalue weighted by Gasteiger charge is -2.02. The van der Waals surface area contributed by atoms with Crippen LogP contribution in [0.4, 0.5) is 0 Å². The van der Waals surface area contributed by atoms with E-state index in [1.807, 2.05) is 0 Å². The highest BCUT2D eigenvalue weighted by atomic mass is 16.5. The number of hydrogen-bond acceptors (Lipinski definition) is 3. The molecule has 1 aliphatic heterocycles. The van der Waals surface area contributed by atoms with Crippen LogP contribution in [0, 0.1) is 0 Å². The third kappa shape index (κ3) is 6.09. The first kappa shape index (κ1) is 13.9. The molecule has 5 nitrogen and oxygen atoms in total. The van der Waals surface area contributed by atoms with E-state index in [9.17, 15) is 4.79 Å². The van der Waals surface area contributed by atoms with Gasteiger partial charge in [0.1, 0.15) is 0 Å². The number of carboxylic acids is 1. The van der Waals surface area contributed by atoms with Crippen LogP contribution in [0.25, 0.3) is 0 Å². The minimum absolute atomic E-state index is 0. The summed E-state index contributed by atoms with van der Waals surface area (Å²) in [6.07, 6.45) is 2.08. The lowest BCUT2D eigenvalue weighted by Crippen LogP contribution is -2.10. The van der Waals surface area contributed by atoms with E-state index in [0.29, 0.717) is 0 Å². The monoisotopic (exact) mass is 180 g/mol. The summed E-state index contributed by atoms with van der Waals surface area (Å²) in [5.41, 5.74) is 0. The molecule has 0 aliphatic carbocycles. The molecule has 74 valence electrons. The fourth-order valence-electron chi connectivity index (χ4n) is 1.00. The maximum Gasteiger partial charge on any atom is 0.305 e. The molecular weight excluding hydrogens is 164 g/mol. The molecule has 0 aromatic heterocycles. The van der Waals surface area contributed by atoms with Gasteiger partial charge in [-0.3, -0.25) is 4.79 Å². The van der Waals surface area contributed by atoms with Crippen molar-refractivity contribution in [2.45, 2.75) is 25.4 Å². The molecule has 0 amide bonds. The Morgan fingerprint density at radius 2 is 2.17 bits per heavy atom. The van der Waals surface area contributed by atoms with Crippen LogP contribution in [-0.4, -0.2) is 41.5 Å². The molecule has 5 heteroatoms. The first-order valence-corrected chi connectivity index (χ1v) is 3.57. The summed E-state index contributed by atoms with van der Waals surface area (Å²) in [6.45, 7) is 0.734. The minimum Gasteiger partial charge on any atom is -0.481 e. The summed E-state index contributed by atoms with van der Waals surface area (Å²) in [6, 6.07) is 0. The van der Waals surface area contributed by atoms with Crippen molar-refractivity contribution in [3.63, 3.8) is 0 Å². The summed E-state index contributed by atoms with van der Waals surface area (Å²) < 4.78 is 5.08. The smallest absolute Gasteiger partial charge is 0.305 e. The van der Waals surface area contributed by atoms with Crippen LogP contribution in [0.15, 0.2) is 0 Å². The highest BCUT2D eigenvalue weighted by Gasteiger charge is 2.17. The molecule has 0 saturated carbocycles. The number of aliphatic carboxylic acids is 1. The van der Waals surface area contributed by atoms with E-state index in [0.717, 1.165) is 26.6 Å². The average Bonchev–Trinajstić information content (AvgIpc) is 2.43. The number of aliphatic hydroxyl groups excluding tert-OH is 1. The second-order valence-corrected chi connectivity index (χ2v) is 2.23. The first-order chi connectivity index (χ1) is 5.29. The molecule has 0 aromatic rings. The quantitative estimate of drug-likeness (QED) is 0.594. The summed E-state index contributed by atoms with van der Waals surface area (Å²) in [5.74, 6) is -0.762. The van der Waals surface area contributed by atoms with E-state index >= 15 is 0 Å². The Bertz CT molecular complexity index is 108. The van der Waals surface area contributed by atoms with Gasteiger partial charge in [-0.25, -0.2) is 0 Å². The van der Waals surface area contributed by atoms with E-state index < -0.39 is 5.97 Å². The molecule has 1 unspecified atom stereocenters. The number of carboxylic acid groups (broad SMARTS) is 1. The highest BCUT2D eigenvalue weighted by Crippen LogP contribution is 2.14. The number of aliphatic hydroxyl groups is 1. The molecule has 1 aliphatic rings. The van der Waals surface area contributed by atoms with Gasteiger partial charge in [-0.2, -0.15) is 0 Å². The Kier molecular flexibility index (Phi) is 9.79. The average molecular weight is 180 g/mol. The van der Waals surface area contributed by atoms with Gasteiger partial charge in [0.05, 0.1) is 12.5 Å².